The van der Waals surface area contributed by atoms with Gasteiger partial charge in [0.25, 0.3) is 5.91 Å². The maximum Gasteiger partial charge on any atom is 0.338 e. The molecule has 1 aromatic heterocycles. The number of hydrogen-bond acceptors (Lipinski definition) is 3. The highest BCUT2D eigenvalue weighted by Gasteiger charge is 2.23. The fourth-order valence-corrected chi connectivity index (χ4v) is 2.60. The monoisotopic (exact) mass is 265 g/mol. The third kappa shape index (κ3) is 3.36. The smallest absolute Gasteiger partial charge is 0.338 e. The molecule has 104 valence electrons. The van der Waals surface area contributed by atoms with Gasteiger partial charge >= 0.3 is 5.97 Å². The number of amides is 1. The van der Waals surface area contributed by atoms with Gasteiger partial charge in [0.15, 0.2) is 5.76 Å². The van der Waals surface area contributed by atoms with E-state index in [0.29, 0.717) is 5.92 Å². The third-order valence-electron chi connectivity index (χ3n) is 3.79. The average Bonchev–Trinajstić information content (AvgIpc) is 2.89. The van der Waals surface area contributed by atoms with E-state index in [4.69, 9.17) is 9.52 Å². The molecule has 0 radical (unpaired) electrons. The molecule has 0 bridgehead atoms. The molecule has 1 saturated carbocycles. The van der Waals surface area contributed by atoms with Crippen molar-refractivity contribution in [1.29, 1.82) is 0 Å². The Morgan fingerprint density at radius 3 is 2.63 bits per heavy atom. The first kappa shape index (κ1) is 13.6. The molecule has 19 heavy (non-hydrogen) atoms. The molecule has 1 fully saturated rings. The number of aromatic carboxylic acids is 1. The molecule has 1 aromatic rings. The Morgan fingerprint density at radius 1 is 1.37 bits per heavy atom. The van der Waals surface area contributed by atoms with E-state index < -0.39 is 5.97 Å². The Kier molecular flexibility index (Phi) is 4.24. The van der Waals surface area contributed by atoms with Crippen LogP contribution in [0.15, 0.2) is 16.7 Å². The second-order valence-corrected chi connectivity index (χ2v) is 5.17. The summed E-state index contributed by atoms with van der Waals surface area (Å²) in [5, 5.41) is 11.7. The zero-order valence-electron chi connectivity index (χ0n) is 11.0. The third-order valence-corrected chi connectivity index (χ3v) is 3.79. The summed E-state index contributed by atoms with van der Waals surface area (Å²) in [6, 6.07) is 1.34. The van der Waals surface area contributed by atoms with E-state index in [-0.39, 0.29) is 23.3 Å². The Bertz CT molecular complexity index is 460. The van der Waals surface area contributed by atoms with Crippen LogP contribution in [0.1, 0.15) is 59.9 Å². The Labute approximate surface area is 112 Å². The van der Waals surface area contributed by atoms with Crippen molar-refractivity contribution in [1.82, 2.24) is 5.32 Å². The summed E-state index contributed by atoms with van der Waals surface area (Å²) in [4.78, 5) is 22.7. The topological polar surface area (TPSA) is 79.5 Å². The van der Waals surface area contributed by atoms with Gasteiger partial charge in [-0.05, 0) is 25.7 Å². The van der Waals surface area contributed by atoms with Gasteiger partial charge in [0.1, 0.15) is 6.26 Å². The summed E-state index contributed by atoms with van der Waals surface area (Å²) < 4.78 is 4.98. The van der Waals surface area contributed by atoms with Crippen molar-refractivity contribution in [3.8, 4) is 0 Å². The molecule has 1 unspecified atom stereocenters. The summed E-state index contributed by atoms with van der Waals surface area (Å²) >= 11 is 0. The van der Waals surface area contributed by atoms with Crippen LogP contribution >= 0.6 is 0 Å². The largest absolute Gasteiger partial charge is 0.478 e. The highest BCUT2D eigenvalue weighted by Crippen LogP contribution is 2.26. The number of hydrogen-bond donors (Lipinski definition) is 2. The molecule has 1 aliphatic rings. The van der Waals surface area contributed by atoms with Crippen LogP contribution in [-0.2, 0) is 0 Å². The molecular weight excluding hydrogens is 246 g/mol. The fraction of sp³-hybridized carbons (Fsp3) is 0.571. The van der Waals surface area contributed by atoms with Crippen LogP contribution in [0, 0.1) is 5.92 Å². The Balaban J connectivity index is 1.93. The van der Waals surface area contributed by atoms with E-state index in [9.17, 15) is 9.59 Å². The number of nitrogens with one attached hydrogen (secondary N) is 1. The summed E-state index contributed by atoms with van der Waals surface area (Å²) in [6.45, 7) is 1.99. The first-order valence-corrected chi connectivity index (χ1v) is 6.70. The first-order chi connectivity index (χ1) is 9.08. The minimum atomic E-state index is -1.09. The quantitative estimate of drug-likeness (QED) is 0.877. The number of carboxylic acids is 1. The summed E-state index contributed by atoms with van der Waals surface area (Å²) in [5.74, 6) is -0.875. The van der Waals surface area contributed by atoms with E-state index in [2.05, 4.69) is 5.32 Å². The van der Waals surface area contributed by atoms with Gasteiger partial charge < -0.3 is 14.8 Å². The van der Waals surface area contributed by atoms with Crippen molar-refractivity contribution in [3.05, 3.63) is 23.7 Å². The van der Waals surface area contributed by atoms with Crippen LogP contribution in [0.25, 0.3) is 0 Å². The van der Waals surface area contributed by atoms with Crippen molar-refractivity contribution < 1.29 is 19.1 Å². The normalized spacial score (nSPS) is 17.9. The van der Waals surface area contributed by atoms with Crippen molar-refractivity contribution in [2.24, 2.45) is 5.92 Å². The summed E-state index contributed by atoms with van der Waals surface area (Å²) in [6.07, 6.45) is 7.07. The predicted octanol–water partition coefficient (Wildman–Crippen LogP) is 2.68. The van der Waals surface area contributed by atoms with Gasteiger partial charge in [-0.3, -0.25) is 4.79 Å². The molecule has 2 rings (SSSR count). The van der Waals surface area contributed by atoms with Gasteiger partial charge in [0.05, 0.1) is 5.56 Å². The van der Waals surface area contributed by atoms with E-state index in [1.54, 1.807) is 0 Å². The average molecular weight is 265 g/mol. The van der Waals surface area contributed by atoms with Gasteiger partial charge in [-0.2, -0.15) is 0 Å². The lowest BCUT2D eigenvalue weighted by Gasteiger charge is -2.27. The lowest BCUT2D eigenvalue weighted by Crippen LogP contribution is -2.38. The lowest BCUT2D eigenvalue weighted by atomic mass is 9.84. The predicted molar refractivity (Wildman–Crippen MR) is 69.2 cm³/mol. The van der Waals surface area contributed by atoms with E-state index >= 15 is 0 Å². The van der Waals surface area contributed by atoms with E-state index in [1.165, 1.54) is 25.3 Å². The van der Waals surface area contributed by atoms with Crippen molar-refractivity contribution in [2.45, 2.75) is 45.1 Å². The van der Waals surface area contributed by atoms with Crippen LogP contribution < -0.4 is 5.32 Å². The van der Waals surface area contributed by atoms with E-state index in [1.807, 2.05) is 6.92 Å². The maximum atomic E-state index is 11.9. The number of carbonyl (C=O) groups is 2. The van der Waals surface area contributed by atoms with E-state index in [0.717, 1.165) is 19.1 Å². The second-order valence-electron chi connectivity index (χ2n) is 5.17. The minimum absolute atomic E-state index is 0.00419. The van der Waals surface area contributed by atoms with Gasteiger partial charge in [-0.15, -0.1) is 0 Å². The fourth-order valence-electron chi connectivity index (χ4n) is 2.60. The van der Waals surface area contributed by atoms with Crippen molar-refractivity contribution in [3.63, 3.8) is 0 Å². The number of carbonyl (C=O) groups excluding carboxylic acids is 1. The van der Waals surface area contributed by atoms with Gasteiger partial charge in [0, 0.05) is 12.1 Å². The summed E-state index contributed by atoms with van der Waals surface area (Å²) in [5.41, 5.74) is -0.00419. The van der Waals surface area contributed by atoms with Crippen LogP contribution in [0.2, 0.25) is 0 Å². The molecule has 1 heterocycles. The van der Waals surface area contributed by atoms with Gasteiger partial charge in [-0.1, -0.05) is 19.3 Å². The molecule has 0 aliphatic heterocycles. The standard InChI is InChI=1S/C14H19NO4/c1-9(10-5-3-2-4-6-10)15-13(16)12-7-11(8-19-12)14(17)18/h7-10H,2-6H2,1H3,(H,15,16)(H,17,18). The molecule has 2 N–H and O–H groups in total. The first-order valence-electron chi connectivity index (χ1n) is 6.70. The molecule has 1 atom stereocenters. The molecule has 0 saturated heterocycles. The van der Waals surface area contributed by atoms with Gasteiger partial charge in [-0.25, -0.2) is 4.79 Å². The minimum Gasteiger partial charge on any atom is -0.478 e. The molecule has 1 amide bonds. The maximum absolute atomic E-state index is 11.9. The van der Waals surface area contributed by atoms with Gasteiger partial charge in [0.2, 0.25) is 0 Å². The molecule has 5 heteroatoms. The van der Waals surface area contributed by atoms with Crippen LogP contribution in [-0.4, -0.2) is 23.0 Å². The molecule has 5 nitrogen and oxygen atoms in total. The Hall–Kier alpha value is -1.78. The molecular formula is C14H19NO4. The zero-order chi connectivity index (χ0) is 13.8. The van der Waals surface area contributed by atoms with Crippen LogP contribution in [0.5, 0.6) is 0 Å². The lowest BCUT2D eigenvalue weighted by molar-refractivity contribution is 0.0695. The van der Waals surface area contributed by atoms with Crippen LogP contribution in [0.4, 0.5) is 0 Å². The highest BCUT2D eigenvalue weighted by atomic mass is 16.4. The number of carboxylic acid groups (broad SMARTS) is 1. The number of rotatable bonds is 4. The Morgan fingerprint density at radius 2 is 2.05 bits per heavy atom. The second kappa shape index (κ2) is 5.91. The SMILES string of the molecule is CC(NC(=O)c1cc(C(=O)O)co1)C1CCCCC1. The van der Waals surface area contributed by atoms with Crippen molar-refractivity contribution >= 4 is 11.9 Å². The molecule has 0 spiro atoms. The number of furan rings is 1. The highest BCUT2D eigenvalue weighted by molar-refractivity contribution is 5.95. The van der Waals surface area contributed by atoms with Crippen molar-refractivity contribution in [2.75, 3.05) is 0 Å². The molecule has 1 aliphatic carbocycles. The van der Waals surface area contributed by atoms with Crippen LogP contribution in [0.3, 0.4) is 0 Å². The zero-order valence-corrected chi connectivity index (χ0v) is 11.0. The summed E-state index contributed by atoms with van der Waals surface area (Å²) in [7, 11) is 0. The molecule has 0 aromatic carbocycles.